The molecule has 0 saturated carbocycles. The van der Waals surface area contributed by atoms with Crippen LogP contribution in [0.2, 0.25) is 0 Å². The number of nitrogens with one attached hydrogen (secondary N) is 2. The molecule has 1 aromatic carbocycles. The van der Waals surface area contributed by atoms with E-state index < -0.39 is 0 Å². The van der Waals surface area contributed by atoms with Crippen LogP contribution in [0.5, 0.6) is 5.75 Å². The van der Waals surface area contributed by atoms with E-state index in [1.165, 1.54) is 0 Å². The minimum atomic E-state index is -0.0295. The molecule has 0 bridgehead atoms. The Hall–Kier alpha value is -1.82. The van der Waals surface area contributed by atoms with Gasteiger partial charge in [0.15, 0.2) is 5.11 Å². The summed E-state index contributed by atoms with van der Waals surface area (Å²) in [5.74, 6) is 0.693. The first kappa shape index (κ1) is 17.5. The highest BCUT2D eigenvalue weighted by Gasteiger charge is 2.32. The minimum absolute atomic E-state index is 0.00977. The Morgan fingerprint density at radius 2 is 2.26 bits per heavy atom. The van der Waals surface area contributed by atoms with Gasteiger partial charge in [0.25, 0.3) is 0 Å². The fraction of sp³-hybridized carbons (Fsp3) is 0.529. The molecule has 1 aliphatic heterocycles. The normalized spacial score (nSPS) is 19.9. The molecule has 1 aliphatic rings. The van der Waals surface area contributed by atoms with Crippen molar-refractivity contribution in [2.24, 2.45) is 0 Å². The van der Waals surface area contributed by atoms with Gasteiger partial charge in [-0.05, 0) is 51.5 Å². The van der Waals surface area contributed by atoms with Crippen molar-refractivity contribution in [3.8, 4) is 5.75 Å². The van der Waals surface area contributed by atoms with Gasteiger partial charge in [0.2, 0.25) is 5.91 Å². The largest absolute Gasteiger partial charge is 0.497 e. The molecule has 1 fully saturated rings. The average Bonchev–Trinajstić information content (AvgIpc) is 2.45. The van der Waals surface area contributed by atoms with Gasteiger partial charge >= 0.3 is 0 Å². The summed E-state index contributed by atoms with van der Waals surface area (Å²) in [6.45, 7) is 7.04. The highest BCUT2D eigenvalue weighted by molar-refractivity contribution is 7.80. The third-order valence-electron chi connectivity index (χ3n) is 3.98. The van der Waals surface area contributed by atoms with E-state index in [1.807, 2.05) is 18.2 Å². The zero-order valence-electron chi connectivity index (χ0n) is 14.2. The number of ether oxygens (including phenoxy) is 1. The Balaban J connectivity index is 1.87. The molecule has 23 heavy (non-hydrogen) atoms. The number of thiocarbonyl (C=S) groups is 1. The summed E-state index contributed by atoms with van der Waals surface area (Å²) in [7, 11) is 1.61. The highest BCUT2D eigenvalue weighted by Crippen LogP contribution is 2.22. The fourth-order valence-electron chi connectivity index (χ4n) is 2.93. The topological polar surface area (TPSA) is 53.6 Å². The summed E-state index contributed by atoms with van der Waals surface area (Å²) in [5, 5.41) is 6.95. The minimum Gasteiger partial charge on any atom is -0.497 e. The van der Waals surface area contributed by atoms with Gasteiger partial charge < -0.3 is 20.3 Å². The number of nitrogens with zero attached hydrogens (tertiary/aromatic N) is 1. The van der Waals surface area contributed by atoms with Crippen molar-refractivity contribution in [3.63, 3.8) is 0 Å². The molecule has 1 atom stereocenters. The van der Waals surface area contributed by atoms with Crippen LogP contribution < -0.4 is 15.4 Å². The summed E-state index contributed by atoms with van der Waals surface area (Å²) < 4.78 is 5.15. The summed E-state index contributed by atoms with van der Waals surface area (Å²) >= 11 is 5.43. The zero-order valence-corrected chi connectivity index (χ0v) is 15.0. The van der Waals surface area contributed by atoms with Gasteiger partial charge in [0.05, 0.1) is 7.11 Å². The molecule has 1 unspecified atom stereocenters. The smallest absolute Gasteiger partial charge is 0.226 e. The number of carbonyl (C=O) groups is 1. The molecular formula is C17H25N3O2S. The number of amides is 1. The van der Waals surface area contributed by atoms with Gasteiger partial charge in [0.1, 0.15) is 5.75 Å². The van der Waals surface area contributed by atoms with Crippen LogP contribution in [0.1, 0.15) is 33.6 Å². The number of hydrogen-bond acceptors (Lipinski definition) is 3. The molecule has 1 heterocycles. The Kier molecular flexibility index (Phi) is 5.46. The summed E-state index contributed by atoms with van der Waals surface area (Å²) in [6.07, 6.45) is 1.38. The van der Waals surface area contributed by atoms with Crippen LogP contribution in [0.25, 0.3) is 0 Å². The lowest BCUT2D eigenvalue weighted by molar-refractivity contribution is -0.116. The van der Waals surface area contributed by atoms with Crippen LogP contribution in [-0.2, 0) is 4.79 Å². The molecule has 0 aliphatic carbocycles. The molecule has 0 aromatic heterocycles. The molecular weight excluding hydrogens is 310 g/mol. The van der Waals surface area contributed by atoms with Crippen molar-refractivity contribution in [1.82, 2.24) is 10.2 Å². The lowest BCUT2D eigenvalue weighted by Gasteiger charge is -2.44. The van der Waals surface area contributed by atoms with Crippen LogP contribution >= 0.6 is 12.2 Å². The molecule has 1 amide bonds. The number of benzene rings is 1. The van der Waals surface area contributed by atoms with E-state index in [1.54, 1.807) is 13.2 Å². The molecule has 6 heteroatoms. The van der Waals surface area contributed by atoms with E-state index in [0.29, 0.717) is 19.0 Å². The predicted molar refractivity (Wildman–Crippen MR) is 96.8 cm³/mol. The average molecular weight is 335 g/mol. The monoisotopic (exact) mass is 335 g/mol. The van der Waals surface area contributed by atoms with E-state index in [-0.39, 0.29) is 11.4 Å². The maximum Gasteiger partial charge on any atom is 0.226 e. The number of methoxy groups -OCH3 is 1. The van der Waals surface area contributed by atoms with Gasteiger partial charge in [-0.1, -0.05) is 6.07 Å². The van der Waals surface area contributed by atoms with Crippen LogP contribution in [0.15, 0.2) is 24.3 Å². The van der Waals surface area contributed by atoms with Gasteiger partial charge in [-0.3, -0.25) is 4.79 Å². The Labute approximate surface area is 143 Å². The van der Waals surface area contributed by atoms with Crippen molar-refractivity contribution in [1.29, 1.82) is 0 Å². The SMILES string of the molecule is COc1cccc(NC(=O)CCN2C(=S)NC(C)(C)CC2C)c1. The molecule has 5 nitrogen and oxygen atoms in total. The fourth-order valence-corrected chi connectivity index (χ4v) is 3.48. The number of anilines is 1. The zero-order chi connectivity index (χ0) is 17.0. The Bertz CT molecular complexity index is 589. The summed E-state index contributed by atoms with van der Waals surface area (Å²) in [6, 6.07) is 7.66. The van der Waals surface area contributed by atoms with Crippen molar-refractivity contribution in [2.45, 2.75) is 45.2 Å². The lowest BCUT2D eigenvalue weighted by atomic mass is 9.93. The second-order valence-electron chi connectivity index (χ2n) is 6.59. The van der Waals surface area contributed by atoms with E-state index in [0.717, 1.165) is 23.0 Å². The van der Waals surface area contributed by atoms with E-state index in [9.17, 15) is 4.79 Å². The van der Waals surface area contributed by atoms with E-state index >= 15 is 0 Å². The van der Waals surface area contributed by atoms with Gasteiger partial charge in [-0.2, -0.15) is 0 Å². The molecule has 0 radical (unpaired) electrons. The summed E-state index contributed by atoms with van der Waals surface area (Å²) in [4.78, 5) is 14.2. The second kappa shape index (κ2) is 7.17. The van der Waals surface area contributed by atoms with Gasteiger partial charge in [0, 0.05) is 36.3 Å². The number of hydrogen-bond donors (Lipinski definition) is 2. The predicted octanol–water partition coefficient (Wildman–Crippen LogP) is 2.77. The number of carbonyl (C=O) groups excluding carboxylic acids is 1. The first-order valence-electron chi connectivity index (χ1n) is 7.83. The highest BCUT2D eigenvalue weighted by atomic mass is 32.1. The first-order valence-corrected chi connectivity index (χ1v) is 8.24. The van der Waals surface area contributed by atoms with Crippen LogP contribution in [0.4, 0.5) is 5.69 Å². The standard InChI is InChI=1S/C17H25N3O2S/c1-12-11-17(2,3)19-16(23)20(12)9-8-15(21)18-13-6-5-7-14(10-13)22-4/h5-7,10,12H,8-9,11H2,1-4H3,(H,18,21)(H,19,23). The molecule has 1 saturated heterocycles. The lowest BCUT2D eigenvalue weighted by Crippen LogP contribution is -2.60. The third-order valence-corrected chi connectivity index (χ3v) is 4.31. The maximum atomic E-state index is 12.2. The quantitative estimate of drug-likeness (QED) is 0.811. The first-order chi connectivity index (χ1) is 10.8. The maximum absolute atomic E-state index is 12.2. The van der Waals surface area contributed by atoms with E-state index in [2.05, 4.69) is 36.3 Å². The van der Waals surface area contributed by atoms with E-state index in [4.69, 9.17) is 17.0 Å². The third kappa shape index (κ3) is 4.82. The Morgan fingerprint density at radius 1 is 1.52 bits per heavy atom. The van der Waals surface area contributed by atoms with Crippen molar-refractivity contribution in [3.05, 3.63) is 24.3 Å². The van der Waals surface area contributed by atoms with Crippen molar-refractivity contribution >= 4 is 28.9 Å². The molecule has 0 spiro atoms. The molecule has 2 rings (SSSR count). The van der Waals surface area contributed by atoms with Gasteiger partial charge in [-0.25, -0.2) is 0 Å². The molecule has 2 N–H and O–H groups in total. The van der Waals surface area contributed by atoms with Crippen LogP contribution in [-0.4, -0.2) is 41.2 Å². The second-order valence-corrected chi connectivity index (χ2v) is 6.98. The van der Waals surface area contributed by atoms with Gasteiger partial charge in [-0.15, -0.1) is 0 Å². The van der Waals surface area contributed by atoms with Crippen molar-refractivity contribution in [2.75, 3.05) is 19.0 Å². The van der Waals surface area contributed by atoms with Crippen LogP contribution in [0, 0.1) is 0 Å². The van der Waals surface area contributed by atoms with Crippen LogP contribution in [0.3, 0.4) is 0 Å². The molecule has 1 aromatic rings. The van der Waals surface area contributed by atoms with Crippen molar-refractivity contribution < 1.29 is 9.53 Å². The Morgan fingerprint density at radius 3 is 2.91 bits per heavy atom. The molecule has 126 valence electrons. The number of rotatable bonds is 5. The summed E-state index contributed by atoms with van der Waals surface area (Å²) in [5.41, 5.74) is 0.749.